The normalized spacial score (nSPS) is 37.0. The van der Waals surface area contributed by atoms with Crippen molar-refractivity contribution in [3.8, 4) is 0 Å². The fourth-order valence-corrected chi connectivity index (χ4v) is 9.51. The highest BCUT2D eigenvalue weighted by Gasteiger charge is 2.59. The first-order chi connectivity index (χ1) is 18.1. The Morgan fingerprint density at radius 1 is 1.05 bits per heavy atom. The van der Waals surface area contributed by atoms with Crippen molar-refractivity contribution in [3.63, 3.8) is 0 Å². The Balaban J connectivity index is 1.34. The van der Waals surface area contributed by atoms with Gasteiger partial charge in [0.1, 0.15) is 6.10 Å². The third-order valence-corrected chi connectivity index (χ3v) is 11.6. The summed E-state index contributed by atoms with van der Waals surface area (Å²) in [6, 6.07) is 0. The number of allylic oxidation sites excluding steroid dienone is 1. The largest absolute Gasteiger partial charge is 0.462 e. The van der Waals surface area contributed by atoms with E-state index in [-0.39, 0.29) is 36.2 Å². The van der Waals surface area contributed by atoms with Gasteiger partial charge >= 0.3 is 5.97 Å². The van der Waals surface area contributed by atoms with Crippen molar-refractivity contribution >= 4 is 11.9 Å². The average Bonchev–Trinajstić information content (AvgIpc) is 3.23. The predicted octanol–water partition coefficient (Wildman–Crippen LogP) is 6.79. The number of carbonyl (C=O) groups excluding carboxylic acids is 2. The number of hydrogen-bond donors (Lipinski definition) is 2. The molecule has 4 aliphatic carbocycles. The van der Waals surface area contributed by atoms with Gasteiger partial charge in [-0.3, -0.25) is 9.59 Å². The third-order valence-electron chi connectivity index (χ3n) is 11.6. The number of nitrogens with one attached hydrogen (secondary N) is 1. The second kappa shape index (κ2) is 12.4. The molecular weight excluding hydrogens is 472 g/mol. The van der Waals surface area contributed by atoms with Crippen molar-refractivity contribution in [1.82, 2.24) is 5.32 Å². The van der Waals surface area contributed by atoms with E-state index in [0.717, 1.165) is 54.8 Å². The minimum Gasteiger partial charge on any atom is -0.462 e. The van der Waals surface area contributed by atoms with Gasteiger partial charge in [0.2, 0.25) is 5.91 Å². The van der Waals surface area contributed by atoms with Gasteiger partial charge in [0.05, 0.1) is 6.42 Å². The van der Waals surface area contributed by atoms with Crippen LogP contribution in [0.2, 0.25) is 0 Å². The maximum absolute atomic E-state index is 12.5. The molecule has 0 bridgehead atoms. The highest BCUT2D eigenvalue weighted by atomic mass is 16.5. The van der Waals surface area contributed by atoms with E-state index in [2.05, 4.69) is 46.0 Å². The molecule has 0 radical (unpaired) electrons. The lowest BCUT2D eigenvalue weighted by molar-refractivity contribution is -0.152. The maximum atomic E-state index is 12.5. The van der Waals surface area contributed by atoms with Gasteiger partial charge in [-0.15, -0.1) is 0 Å². The molecular formula is C33H56N2O3. The lowest BCUT2D eigenvalue weighted by atomic mass is 9.47. The number of hydrogen-bond acceptors (Lipinski definition) is 4. The first-order valence-electron chi connectivity index (χ1n) is 15.9. The smallest absolute Gasteiger partial charge is 0.306 e. The number of amides is 1. The summed E-state index contributed by atoms with van der Waals surface area (Å²) >= 11 is 0. The van der Waals surface area contributed by atoms with E-state index in [0.29, 0.717) is 18.5 Å². The number of nitrogens with two attached hydrogens (primary N) is 1. The van der Waals surface area contributed by atoms with Crippen LogP contribution in [0.4, 0.5) is 0 Å². The number of ether oxygens (including phenoxy) is 1. The standard InChI is InChI=1S/C33H56N2O3/c1-22(2)7-6-8-23(3)27-11-12-28-26-10-9-24-21-25(38-31(37)14-13-30(36)35-20-19-34)15-17-32(24,4)29(26)16-18-33(27,28)5/h9,22-23,25-29H,6-8,10-21,34H2,1-5H3,(H,35,36). The maximum Gasteiger partial charge on any atom is 0.306 e. The van der Waals surface area contributed by atoms with Crippen LogP contribution in [0, 0.1) is 46.3 Å². The van der Waals surface area contributed by atoms with Crippen LogP contribution in [0.3, 0.4) is 0 Å². The Labute approximate surface area is 232 Å². The molecule has 8 atom stereocenters. The van der Waals surface area contributed by atoms with E-state index < -0.39 is 0 Å². The monoisotopic (exact) mass is 528 g/mol. The molecule has 5 nitrogen and oxygen atoms in total. The number of fused-ring (bicyclic) bond motifs is 5. The van der Waals surface area contributed by atoms with Gasteiger partial charge in [0.25, 0.3) is 0 Å². The van der Waals surface area contributed by atoms with Crippen LogP contribution in [-0.2, 0) is 14.3 Å². The number of esters is 1. The van der Waals surface area contributed by atoms with Gasteiger partial charge < -0.3 is 15.8 Å². The molecule has 8 unspecified atom stereocenters. The quantitative estimate of drug-likeness (QED) is 0.228. The topological polar surface area (TPSA) is 81.4 Å². The predicted molar refractivity (Wildman–Crippen MR) is 154 cm³/mol. The highest BCUT2D eigenvalue weighted by Crippen LogP contribution is 2.67. The van der Waals surface area contributed by atoms with Gasteiger partial charge in [0.15, 0.2) is 0 Å². The van der Waals surface area contributed by atoms with Gasteiger partial charge in [0, 0.05) is 25.9 Å². The molecule has 0 spiro atoms. The van der Waals surface area contributed by atoms with Gasteiger partial charge in [-0.05, 0) is 91.3 Å². The highest BCUT2D eigenvalue weighted by molar-refractivity contribution is 5.81. The number of carbonyl (C=O) groups is 2. The van der Waals surface area contributed by atoms with E-state index in [1.807, 2.05) is 0 Å². The van der Waals surface area contributed by atoms with Crippen LogP contribution in [-0.4, -0.2) is 31.1 Å². The summed E-state index contributed by atoms with van der Waals surface area (Å²) in [5.74, 6) is 4.65. The lowest BCUT2D eigenvalue weighted by Crippen LogP contribution is -2.51. The summed E-state index contributed by atoms with van der Waals surface area (Å²) in [6.07, 6.45) is 16.8. The van der Waals surface area contributed by atoms with E-state index in [1.165, 1.54) is 51.4 Å². The van der Waals surface area contributed by atoms with Crippen LogP contribution < -0.4 is 11.1 Å². The van der Waals surface area contributed by atoms with Crippen molar-refractivity contribution < 1.29 is 14.3 Å². The van der Waals surface area contributed by atoms with Crippen LogP contribution in [0.1, 0.15) is 118 Å². The Morgan fingerprint density at radius 2 is 1.84 bits per heavy atom. The molecule has 1 amide bonds. The van der Waals surface area contributed by atoms with Crippen molar-refractivity contribution in [2.75, 3.05) is 13.1 Å². The minimum absolute atomic E-state index is 0.0399. The molecule has 3 saturated carbocycles. The molecule has 38 heavy (non-hydrogen) atoms. The van der Waals surface area contributed by atoms with Crippen LogP contribution in [0.15, 0.2) is 11.6 Å². The second-order valence-electron chi connectivity index (χ2n) is 14.3. The molecule has 0 aliphatic heterocycles. The van der Waals surface area contributed by atoms with E-state index in [1.54, 1.807) is 5.57 Å². The minimum atomic E-state index is -0.247. The zero-order valence-corrected chi connectivity index (χ0v) is 25.0. The Morgan fingerprint density at radius 3 is 2.58 bits per heavy atom. The zero-order chi connectivity index (χ0) is 27.5. The Kier molecular flexibility index (Phi) is 9.69. The summed E-state index contributed by atoms with van der Waals surface area (Å²) in [5, 5.41) is 2.72. The summed E-state index contributed by atoms with van der Waals surface area (Å²) in [4.78, 5) is 24.3. The number of rotatable bonds is 11. The van der Waals surface area contributed by atoms with Crippen molar-refractivity contribution in [2.24, 2.45) is 52.1 Å². The summed E-state index contributed by atoms with van der Waals surface area (Å²) < 4.78 is 5.86. The molecule has 3 N–H and O–H groups in total. The fraction of sp³-hybridized carbons (Fsp3) is 0.879. The lowest BCUT2D eigenvalue weighted by Gasteiger charge is -2.58. The van der Waals surface area contributed by atoms with E-state index in [4.69, 9.17) is 10.5 Å². The Bertz CT molecular complexity index is 868. The molecule has 0 aromatic carbocycles. The molecule has 0 saturated heterocycles. The van der Waals surface area contributed by atoms with Gasteiger partial charge in [-0.25, -0.2) is 0 Å². The first kappa shape index (κ1) is 29.6. The molecule has 0 aromatic heterocycles. The molecule has 4 aliphatic rings. The zero-order valence-electron chi connectivity index (χ0n) is 25.0. The molecule has 5 heteroatoms. The fourth-order valence-electron chi connectivity index (χ4n) is 9.51. The molecule has 0 aromatic rings. The van der Waals surface area contributed by atoms with Crippen molar-refractivity contribution in [3.05, 3.63) is 11.6 Å². The van der Waals surface area contributed by atoms with E-state index in [9.17, 15) is 9.59 Å². The third kappa shape index (κ3) is 6.18. The SMILES string of the molecule is CC(C)CCCC(C)C1CCC2C3CC=C4CC(OC(=O)CCC(=O)NCCN)CCC4(C)C3CCC12C. The van der Waals surface area contributed by atoms with Crippen LogP contribution >= 0.6 is 0 Å². The summed E-state index contributed by atoms with van der Waals surface area (Å²) in [7, 11) is 0. The molecule has 3 fully saturated rings. The van der Waals surface area contributed by atoms with Crippen LogP contribution in [0.25, 0.3) is 0 Å². The molecule has 4 rings (SSSR count). The average molecular weight is 529 g/mol. The summed E-state index contributed by atoms with van der Waals surface area (Å²) in [5.41, 5.74) is 7.75. The van der Waals surface area contributed by atoms with Crippen molar-refractivity contribution in [2.45, 2.75) is 124 Å². The molecule has 216 valence electrons. The summed E-state index contributed by atoms with van der Waals surface area (Å²) in [6.45, 7) is 13.3. The molecule has 0 heterocycles. The Hall–Kier alpha value is -1.36. The van der Waals surface area contributed by atoms with Gasteiger partial charge in [-0.1, -0.05) is 65.5 Å². The van der Waals surface area contributed by atoms with Crippen LogP contribution in [0.5, 0.6) is 0 Å². The van der Waals surface area contributed by atoms with E-state index >= 15 is 0 Å². The van der Waals surface area contributed by atoms with Crippen molar-refractivity contribution in [1.29, 1.82) is 0 Å². The second-order valence-corrected chi connectivity index (χ2v) is 14.3. The van der Waals surface area contributed by atoms with Gasteiger partial charge in [-0.2, -0.15) is 0 Å². The first-order valence-corrected chi connectivity index (χ1v) is 15.9.